The highest BCUT2D eigenvalue weighted by Crippen LogP contribution is 2.33. The molecule has 0 aliphatic rings. The van der Waals surface area contributed by atoms with Crippen molar-refractivity contribution in [2.75, 3.05) is 3.11 Å². The zero-order valence-electron chi connectivity index (χ0n) is 15.0. The van der Waals surface area contributed by atoms with Crippen molar-refractivity contribution in [3.63, 3.8) is 0 Å². The van der Waals surface area contributed by atoms with Gasteiger partial charge in [-0.3, -0.25) is 3.11 Å². The predicted octanol–water partition coefficient (Wildman–Crippen LogP) is 7.76. The molecule has 4 aromatic carbocycles. The Hall–Kier alpha value is -2.99. The molecule has 0 unspecified atom stereocenters. The molecule has 0 saturated carbocycles. The summed E-state index contributed by atoms with van der Waals surface area (Å²) in [4.78, 5) is 0. The lowest BCUT2D eigenvalue weighted by atomic mass is 10.2. The predicted molar refractivity (Wildman–Crippen MR) is 122 cm³/mol. The monoisotopic (exact) mass is 479 g/mol. The van der Waals surface area contributed by atoms with Crippen molar-refractivity contribution in [3.8, 4) is 23.0 Å². The first-order valence-corrected chi connectivity index (χ1v) is 9.86. The Morgan fingerprint density at radius 3 is 1.11 bits per heavy atom. The first-order valence-electron chi connectivity index (χ1n) is 8.90. The summed E-state index contributed by atoms with van der Waals surface area (Å²) < 4.78 is 13.8. The molecule has 0 saturated heterocycles. The largest absolute Gasteiger partial charge is 0.457 e. The number of para-hydroxylation sites is 2. The summed E-state index contributed by atoms with van der Waals surface area (Å²) in [6.07, 6.45) is 0. The van der Waals surface area contributed by atoms with Gasteiger partial charge in [0.05, 0.1) is 34.2 Å². The summed E-state index contributed by atoms with van der Waals surface area (Å²) in [5.41, 5.74) is 2.13. The van der Waals surface area contributed by atoms with Crippen LogP contribution in [0, 0.1) is 0 Å². The third-order valence-electron chi connectivity index (χ3n) is 4.08. The topological polar surface area (TPSA) is 21.7 Å². The molecule has 138 valence electrons. The van der Waals surface area contributed by atoms with Crippen LogP contribution in [0.3, 0.4) is 0 Å². The van der Waals surface area contributed by atoms with Crippen LogP contribution >= 0.6 is 22.9 Å². The van der Waals surface area contributed by atoms with Crippen molar-refractivity contribution in [3.05, 3.63) is 109 Å². The molecule has 28 heavy (non-hydrogen) atoms. The van der Waals surface area contributed by atoms with E-state index in [0.717, 1.165) is 34.4 Å². The molecule has 0 N–H and O–H groups in total. The van der Waals surface area contributed by atoms with E-state index < -0.39 is 0 Å². The molecule has 0 aromatic heterocycles. The van der Waals surface area contributed by atoms with E-state index in [9.17, 15) is 0 Å². The van der Waals surface area contributed by atoms with Gasteiger partial charge < -0.3 is 9.47 Å². The number of anilines is 2. The molecule has 0 atom stereocenters. The van der Waals surface area contributed by atoms with Crippen LogP contribution in [0.5, 0.6) is 23.0 Å². The number of nitrogens with zero attached hydrogens (tertiary/aromatic N) is 1. The molecule has 4 rings (SSSR count). The Morgan fingerprint density at radius 1 is 0.429 bits per heavy atom. The Kier molecular flexibility index (Phi) is 5.77. The van der Waals surface area contributed by atoms with Crippen molar-refractivity contribution >= 4 is 34.2 Å². The summed E-state index contributed by atoms with van der Waals surface area (Å²) in [6, 6.07) is 35.6. The number of halogens is 1. The second-order valence-corrected chi connectivity index (χ2v) is 7.06. The third kappa shape index (κ3) is 4.64. The number of hydrogen-bond acceptors (Lipinski definition) is 3. The van der Waals surface area contributed by atoms with Crippen LogP contribution in [-0.4, -0.2) is 0 Å². The van der Waals surface area contributed by atoms with Crippen molar-refractivity contribution in [2.45, 2.75) is 0 Å². The highest BCUT2D eigenvalue weighted by molar-refractivity contribution is 14.1. The first kappa shape index (κ1) is 18.4. The van der Waals surface area contributed by atoms with Gasteiger partial charge in [0.2, 0.25) is 0 Å². The highest BCUT2D eigenvalue weighted by atomic mass is 127. The van der Waals surface area contributed by atoms with Gasteiger partial charge in [-0.1, -0.05) is 36.4 Å². The van der Waals surface area contributed by atoms with Gasteiger partial charge >= 0.3 is 0 Å². The fourth-order valence-electron chi connectivity index (χ4n) is 2.69. The van der Waals surface area contributed by atoms with Gasteiger partial charge in [0.1, 0.15) is 23.0 Å². The molecule has 0 aliphatic carbocycles. The highest BCUT2D eigenvalue weighted by Gasteiger charge is 2.07. The van der Waals surface area contributed by atoms with Gasteiger partial charge in [-0.2, -0.15) is 0 Å². The normalized spacial score (nSPS) is 10.3. The van der Waals surface area contributed by atoms with Crippen molar-refractivity contribution in [2.24, 2.45) is 0 Å². The molecule has 0 fully saturated rings. The minimum absolute atomic E-state index is 0.811. The molecule has 0 amide bonds. The number of ether oxygens (including phenoxy) is 2. The Bertz CT molecular complexity index is 919. The van der Waals surface area contributed by atoms with Gasteiger partial charge in [-0.15, -0.1) is 0 Å². The molecular weight excluding hydrogens is 461 g/mol. The molecular formula is C24H18INO2. The fourth-order valence-corrected chi connectivity index (χ4v) is 3.33. The van der Waals surface area contributed by atoms with E-state index in [1.807, 2.05) is 109 Å². The summed E-state index contributed by atoms with van der Waals surface area (Å²) in [6.45, 7) is 0. The minimum Gasteiger partial charge on any atom is -0.457 e. The van der Waals surface area contributed by atoms with E-state index in [1.165, 1.54) is 0 Å². The van der Waals surface area contributed by atoms with Gasteiger partial charge in [0.25, 0.3) is 0 Å². The quantitative estimate of drug-likeness (QED) is 0.208. The Labute approximate surface area is 178 Å². The molecule has 0 spiro atoms. The molecule has 0 aliphatic heterocycles. The second kappa shape index (κ2) is 8.80. The average Bonchev–Trinajstić information content (AvgIpc) is 2.76. The molecule has 4 aromatic rings. The lowest BCUT2D eigenvalue weighted by Crippen LogP contribution is -2.00. The summed E-state index contributed by atoms with van der Waals surface area (Å²) in [7, 11) is 0. The molecule has 3 nitrogen and oxygen atoms in total. The zero-order valence-corrected chi connectivity index (χ0v) is 17.2. The van der Waals surface area contributed by atoms with Crippen molar-refractivity contribution in [1.82, 2.24) is 0 Å². The molecule has 0 bridgehead atoms. The van der Waals surface area contributed by atoms with Crippen LogP contribution in [0.4, 0.5) is 11.4 Å². The maximum atomic E-state index is 5.85. The van der Waals surface area contributed by atoms with Gasteiger partial charge in [-0.05, 0) is 72.8 Å². The number of rotatable bonds is 6. The second-order valence-electron chi connectivity index (χ2n) is 6.10. The van der Waals surface area contributed by atoms with Crippen molar-refractivity contribution < 1.29 is 9.47 Å². The van der Waals surface area contributed by atoms with Gasteiger partial charge in [-0.25, -0.2) is 0 Å². The van der Waals surface area contributed by atoms with Crippen LogP contribution in [0.2, 0.25) is 0 Å². The van der Waals surface area contributed by atoms with E-state index in [4.69, 9.17) is 9.47 Å². The SMILES string of the molecule is IN(c1ccc(Oc2ccccc2)cc1)c1ccc(Oc2ccccc2)cc1. The van der Waals surface area contributed by atoms with Crippen LogP contribution in [0.25, 0.3) is 0 Å². The average molecular weight is 479 g/mol. The Morgan fingerprint density at radius 2 is 0.750 bits per heavy atom. The third-order valence-corrected chi connectivity index (χ3v) is 5.20. The van der Waals surface area contributed by atoms with E-state index in [2.05, 4.69) is 26.0 Å². The summed E-state index contributed by atoms with van der Waals surface area (Å²) in [5.74, 6) is 3.28. The lowest BCUT2D eigenvalue weighted by Gasteiger charge is -2.17. The first-order chi connectivity index (χ1) is 13.8. The van der Waals surface area contributed by atoms with E-state index >= 15 is 0 Å². The molecule has 0 heterocycles. The summed E-state index contributed by atoms with van der Waals surface area (Å²) in [5, 5.41) is 0. The van der Waals surface area contributed by atoms with Crippen LogP contribution in [-0.2, 0) is 0 Å². The van der Waals surface area contributed by atoms with E-state index in [-0.39, 0.29) is 0 Å². The summed E-state index contributed by atoms with van der Waals surface area (Å²) >= 11 is 2.30. The number of hydrogen-bond donors (Lipinski definition) is 0. The number of benzene rings is 4. The van der Waals surface area contributed by atoms with Gasteiger partial charge in [0.15, 0.2) is 0 Å². The van der Waals surface area contributed by atoms with Crippen molar-refractivity contribution in [1.29, 1.82) is 0 Å². The van der Waals surface area contributed by atoms with E-state index in [0.29, 0.717) is 0 Å². The zero-order chi connectivity index (χ0) is 19.2. The molecule has 0 radical (unpaired) electrons. The van der Waals surface area contributed by atoms with Gasteiger partial charge in [0, 0.05) is 0 Å². The fraction of sp³-hybridized carbons (Fsp3) is 0. The van der Waals surface area contributed by atoms with Crippen LogP contribution in [0.15, 0.2) is 109 Å². The maximum Gasteiger partial charge on any atom is 0.127 e. The van der Waals surface area contributed by atoms with Crippen LogP contribution < -0.4 is 12.6 Å². The standard InChI is InChI=1S/C24H18INO2/c25-26(19-11-15-23(16-12-19)27-21-7-3-1-4-8-21)20-13-17-24(18-14-20)28-22-9-5-2-6-10-22/h1-18H. The Balaban J connectivity index is 1.43. The lowest BCUT2D eigenvalue weighted by molar-refractivity contribution is 0.482. The smallest absolute Gasteiger partial charge is 0.127 e. The van der Waals surface area contributed by atoms with Crippen LogP contribution in [0.1, 0.15) is 0 Å². The maximum absolute atomic E-state index is 5.85. The van der Waals surface area contributed by atoms with E-state index in [1.54, 1.807) is 0 Å². The minimum atomic E-state index is 0.811. The molecule has 4 heteroatoms.